The third kappa shape index (κ3) is 4.27. The van der Waals surface area contributed by atoms with Crippen molar-refractivity contribution >= 4 is 28.2 Å². The second kappa shape index (κ2) is 8.48. The summed E-state index contributed by atoms with van der Waals surface area (Å²) in [6.07, 6.45) is 1.73. The van der Waals surface area contributed by atoms with Crippen LogP contribution in [0.1, 0.15) is 12.7 Å². The van der Waals surface area contributed by atoms with Crippen LogP contribution in [0.5, 0.6) is 11.5 Å². The number of nitrogens with one attached hydrogen (secondary N) is 2. The standard InChI is InChI=1S/C17H22N4O3S/c1-5-7-18-17(25)21(6-2)10-15-19-12-9-14(24-4)13(23-3)8-11(12)16(22)20-15/h5,8-9H,1,6-7,10H2,2-4H3,(H,18,25)(H,19,20,22). The van der Waals surface area contributed by atoms with Gasteiger partial charge in [0.25, 0.3) is 5.56 Å². The van der Waals surface area contributed by atoms with Crippen LogP contribution in [0.15, 0.2) is 29.6 Å². The van der Waals surface area contributed by atoms with Gasteiger partial charge >= 0.3 is 0 Å². The molecule has 1 aromatic carbocycles. The molecule has 0 radical (unpaired) electrons. The van der Waals surface area contributed by atoms with Crippen LogP contribution in [0, 0.1) is 0 Å². The van der Waals surface area contributed by atoms with E-state index in [0.29, 0.717) is 53.0 Å². The fraction of sp³-hybridized carbons (Fsp3) is 0.353. The molecule has 2 aromatic rings. The summed E-state index contributed by atoms with van der Waals surface area (Å²) >= 11 is 5.35. The molecule has 1 heterocycles. The summed E-state index contributed by atoms with van der Waals surface area (Å²) in [5, 5.41) is 4.09. The van der Waals surface area contributed by atoms with Gasteiger partial charge in [-0.3, -0.25) is 4.79 Å². The fourth-order valence-corrected chi connectivity index (χ4v) is 2.65. The van der Waals surface area contributed by atoms with Crippen LogP contribution in [0.2, 0.25) is 0 Å². The SMILES string of the molecule is C=CCNC(=S)N(CC)Cc1nc2cc(OC)c(OC)cc2c(=O)[nH]1. The summed E-state index contributed by atoms with van der Waals surface area (Å²) in [7, 11) is 3.07. The molecule has 25 heavy (non-hydrogen) atoms. The number of fused-ring (bicyclic) bond motifs is 1. The van der Waals surface area contributed by atoms with E-state index >= 15 is 0 Å². The minimum Gasteiger partial charge on any atom is -0.493 e. The van der Waals surface area contributed by atoms with Gasteiger partial charge in [0.05, 0.1) is 31.7 Å². The van der Waals surface area contributed by atoms with Crippen LogP contribution in [0.3, 0.4) is 0 Å². The number of hydrogen-bond donors (Lipinski definition) is 2. The van der Waals surface area contributed by atoms with Crippen LogP contribution in [-0.2, 0) is 6.54 Å². The molecule has 0 saturated heterocycles. The van der Waals surface area contributed by atoms with Crippen LogP contribution in [0.4, 0.5) is 0 Å². The van der Waals surface area contributed by atoms with Crippen LogP contribution >= 0.6 is 12.2 Å². The Bertz CT molecular complexity index is 834. The molecule has 0 amide bonds. The number of aromatic amines is 1. The Morgan fingerprint density at radius 2 is 2.08 bits per heavy atom. The Balaban J connectivity index is 2.37. The Hall–Kier alpha value is -2.61. The van der Waals surface area contributed by atoms with Crippen molar-refractivity contribution < 1.29 is 9.47 Å². The normalized spacial score (nSPS) is 10.4. The summed E-state index contributed by atoms with van der Waals surface area (Å²) in [5.41, 5.74) is 0.305. The summed E-state index contributed by atoms with van der Waals surface area (Å²) < 4.78 is 10.5. The molecule has 0 fully saturated rings. The maximum absolute atomic E-state index is 12.4. The highest BCUT2D eigenvalue weighted by Gasteiger charge is 2.13. The molecule has 0 aliphatic rings. The largest absolute Gasteiger partial charge is 0.493 e. The number of methoxy groups -OCH3 is 2. The molecular formula is C17H22N4O3S. The molecule has 2 rings (SSSR count). The van der Waals surface area contributed by atoms with Gasteiger partial charge in [0.15, 0.2) is 16.6 Å². The Labute approximate surface area is 151 Å². The van der Waals surface area contributed by atoms with Gasteiger partial charge in [-0.25, -0.2) is 4.98 Å². The van der Waals surface area contributed by atoms with Crippen molar-refractivity contribution in [3.8, 4) is 11.5 Å². The lowest BCUT2D eigenvalue weighted by Crippen LogP contribution is -2.39. The first kappa shape index (κ1) is 18.7. The van der Waals surface area contributed by atoms with Crippen molar-refractivity contribution in [2.24, 2.45) is 0 Å². The highest BCUT2D eigenvalue weighted by molar-refractivity contribution is 7.80. The van der Waals surface area contributed by atoms with Crippen molar-refractivity contribution in [2.75, 3.05) is 27.3 Å². The summed E-state index contributed by atoms with van der Waals surface area (Å²) in [4.78, 5) is 21.6. The molecule has 7 nitrogen and oxygen atoms in total. The van der Waals surface area contributed by atoms with Crippen molar-refractivity contribution in [3.63, 3.8) is 0 Å². The number of ether oxygens (including phenoxy) is 2. The first-order valence-electron chi connectivity index (χ1n) is 7.82. The van der Waals surface area contributed by atoms with E-state index in [0.717, 1.165) is 0 Å². The maximum atomic E-state index is 12.4. The van der Waals surface area contributed by atoms with Crippen LogP contribution < -0.4 is 20.3 Å². The van der Waals surface area contributed by atoms with Gasteiger partial charge in [0.1, 0.15) is 5.82 Å². The molecule has 1 aromatic heterocycles. The second-order valence-electron chi connectivity index (χ2n) is 5.23. The van der Waals surface area contributed by atoms with Gasteiger partial charge < -0.3 is 24.7 Å². The van der Waals surface area contributed by atoms with E-state index in [9.17, 15) is 4.79 Å². The molecule has 0 bridgehead atoms. The minimum absolute atomic E-state index is 0.234. The lowest BCUT2D eigenvalue weighted by molar-refractivity contribution is 0.355. The van der Waals surface area contributed by atoms with Crippen LogP contribution in [-0.4, -0.2) is 47.3 Å². The van der Waals surface area contributed by atoms with Gasteiger partial charge in [-0.1, -0.05) is 6.08 Å². The van der Waals surface area contributed by atoms with E-state index in [1.165, 1.54) is 7.11 Å². The summed E-state index contributed by atoms with van der Waals surface area (Å²) in [6, 6.07) is 3.31. The predicted octanol–water partition coefficient (Wildman–Crippen LogP) is 1.82. The summed E-state index contributed by atoms with van der Waals surface area (Å²) in [6.45, 7) is 7.28. The average Bonchev–Trinajstić information content (AvgIpc) is 2.63. The van der Waals surface area contributed by atoms with Gasteiger partial charge in [0.2, 0.25) is 0 Å². The van der Waals surface area contributed by atoms with Crippen molar-refractivity contribution in [1.29, 1.82) is 0 Å². The molecular weight excluding hydrogens is 340 g/mol. The van der Waals surface area contributed by atoms with E-state index in [2.05, 4.69) is 21.9 Å². The molecule has 0 saturated carbocycles. The van der Waals surface area contributed by atoms with Gasteiger partial charge in [-0.2, -0.15) is 0 Å². The highest BCUT2D eigenvalue weighted by Crippen LogP contribution is 2.29. The van der Waals surface area contributed by atoms with Gasteiger partial charge in [-0.15, -0.1) is 6.58 Å². The molecule has 0 unspecified atom stereocenters. The van der Waals surface area contributed by atoms with E-state index in [1.807, 2.05) is 11.8 Å². The van der Waals surface area contributed by atoms with Gasteiger partial charge in [0, 0.05) is 19.2 Å². The number of nitrogens with zero attached hydrogens (tertiary/aromatic N) is 2. The van der Waals surface area contributed by atoms with Crippen molar-refractivity contribution in [3.05, 3.63) is 41.0 Å². The zero-order chi connectivity index (χ0) is 18.4. The molecule has 8 heteroatoms. The Kier molecular flexibility index (Phi) is 6.35. The highest BCUT2D eigenvalue weighted by atomic mass is 32.1. The van der Waals surface area contributed by atoms with E-state index < -0.39 is 0 Å². The van der Waals surface area contributed by atoms with Gasteiger partial charge in [-0.05, 0) is 25.2 Å². The number of aromatic nitrogens is 2. The van der Waals surface area contributed by atoms with E-state index in [1.54, 1.807) is 25.3 Å². The summed E-state index contributed by atoms with van der Waals surface area (Å²) in [5.74, 6) is 1.53. The molecule has 134 valence electrons. The molecule has 0 aliphatic heterocycles. The van der Waals surface area contributed by atoms with E-state index in [4.69, 9.17) is 21.7 Å². The lowest BCUT2D eigenvalue weighted by atomic mass is 10.2. The number of rotatable bonds is 7. The number of hydrogen-bond acceptors (Lipinski definition) is 5. The minimum atomic E-state index is -0.234. The second-order valence-corrected chi connectivity index (χ2v) is 5.61. The number of thiocarbonyl (C=S) groups is 1. The maximum Gasteiger partial charge on any atom is 0.258 e. The monoisotopic (exact) mass is 362 g/mol. The molecule has 0 spiro atoms. The predicted molar refractivity (Wildman–Crippen MR) is 102 cm³/mol. The number of benzene rings is 1. The van der Waals surface area contributed by atoms with Crippen molar-refractivity contribution in [1.82, 2.24) is 20.2 Å². The quantitative estimate of drug-likeness (QED) is 0.574. The third-order valence-corrected chi connectivity index (χ3v) is 4.07. The average molecular weight is 362 g/mol. The molecule has 2 N–H and O–H groups in total. The zero-order valence-electron chi connectivity index (χ0n) is 14.6. The smallest absolute Gasteiger partial charge is 0.258 e. The molecule has 0 aliphatic carbocycles. The van der Waals surface area contributed by atoms with E-state index in [-0.39, 0.29) is 5.56 Å². The van der Waals surface area contributed by atoms with Crippen LogP contribution in [0.25, 0.3) is 10.9 Å². The molecule has 0 atom stereocenters. The fourth-order valence-electron chi connectivity index (χ4n) is 2.37. The first-order valence-corrected chi connectivity index (χ1v) is 8.23. The zero-order valence-corrected chi connectivity index (χ0v) is 15.4. The van der Waals surface area contributed by atoms with Crippen molar-refractivity contribution in [2.45, 2.75) is 13.5 Å². The Morgan fingerprint density at radius 1 is 1.40 bits per heavy atom. The lowest BCUT2D eigenvalue weighted by Gasteiger charge is -2.23. The first-order chi connectivity index (χ1) is 12.0. The number of H-pyrrole nitrogens is 1. The third-order valence-electron chi connectivity index (χ3n) is 3.67. The Morgan fingerprint density at radius 3 is 2.68 bits per heavy atom. The topological polar surface area (TPSA) is 79.5 Å².